The van der Waals surface area contributed by atoms with E-state index in [1.54, 1.807) is 11.1 Å². The summed E-state index contributed by atoms with van der Waals surface area (Å²) in [5.74, 6) is 0.781. The summed E-state index contributed by atoms with van der Waals surface area (Å²) in [6.07, 6.45) is 5.44. The molecule has 1 aliphatic carbocycles. The summed E-state index contributed by atoms with van der Waals surface area (Å²) in [6, 6.07) is 8.92. The molecule has 1 aliphatic rings. The molecule has 0 saturated carbocycles. The van der Waals surface area contributed by atoms with Gasteiger partial charge in [-0.2, -0.15) is 0 Å². The minimum atomic E-state index is 0.781. The number of rotatable bonds is 0. The zero-order chi connectivity index (χ0) is 14.4. The largest absolute Gasteiger partial charge is 0.400 e. The maximum atomic E-state index is 7.00. The van der Waals surface area contributed by atoms with Gasteiger partial charge in [-0.05, 0) is 36.3 Å². The summed E-state index contributed by atoms with van der Waals surface area (Å²) in [4.78, 5) is 0. The first kappa shape index (κ1) is 19.5. The topological polar surface area (TPSA) is 20.2 Å². The van der Waals surface area contributed by atoms with Crippen LogP contribution in [0.4, 0.5) is 0 Å². The fourth-order valence-corrected chi connectivity index (χ4v) is 2.16. The highest BCUT2D eigenvalue weighted by atomic mass is 16.2. The first-order valence-corrected chi connectivity index (χ1v) is 7.40. The summed E-state index contributed by atoms with van der Waals surface area (Å²) in [7, 11) is 1.00. The predicted octanol–water partition coefficient (Wildman–Crippen LogP) is 5.18. The van der Waals surface area contributed by atoms with Crippen LogP contribution in [0.5, 0.6) is 0 Å². The Hall–Kier alpha value is -0.820. The number of aliphatic hydroxyl groups excluding tert-OH is 1. The molecule has 1 aromatic rings. The maximum Gasteiger partial charge on any atom is 0.0319 e. The normalized spacial score (nSPS) is 16.3. The van der Waals surface area contributed by atoms with Gasteiger partial charge >= 0.3 is 0 Å². The maximum absolute atomic E-state index is 7.00. The van der Waals surface area contributed by atoms with Crippen LogP contribution >= 0.6 is 0 Å². The Morgan fingerprint density at radius 3 is 2.11 bits per heavy atom. The van der Waals surface area contributed by atoms with Crippen LogP contribution in [0.3, 0.4) is 0 Å². The Morgan fingerprint density at radius 1 is 0.944 bits per heavy atom. The zero-order valence-corrected chi connectivity index (χ0v) is 13.2. The standard InChI is InChI=1S/C12H16.2C2H6.CH4O/c1-10-6-2-3-7-11-8-4-5-9-12(10)11;3*1-2/h4-5,8-10H,2-3,6-7H2,1H3;2*1-2H3;2H,1H3. The van der Waals surface area contributed by atoms with Crippen molar-refractivity contribution >= 4 is 0 Å². The van der Waals surface area contributed by atoms with Crippen LogP contribution in [-0.4, -0.2) is 12.2 Å². The molecule has 1 N–H and O–H groups in total. The molecular formula is C17H32O. The monoisotopic (exact) mass is 252 g/mol. The minimum Gasteiger partial charge on any atom is -0.400 e. The lowest BCUT2D eigenvalue weighted by atomic mass is 9.95. The van der Waals surface area contributed by atoms with Gasteiger partial charge in [0.05, 0.1) is 0 Å². The van der Waals surface area contributed by atoms with Crippen LogP contribution in [0.2, 0.25) is 0 Å². The van der Waals surface area contributed by atoms with Crippen molar-refractivity contribution in [1.29, 1.82) is 0 Å². The SMILES string of the molecule is CC.CC.CC1CCCCc2ccccc21.CO. The lowest BCUT2D eigenvalue weighted by Gasteiger charge is -2.11. The van der Waals surface area contributed by atoms with Crippen LogP contribution in [0, 0.1) is 0 Å². The van der Waals surface area contributed by atoms with Crippen molar-refractivity contribution in [1.82, 2.24) is 0 Å². The second-order valence-corrected chi connectivity index (χ2v) is 3.85. The molecule has 1 aromatic carbocycles. The third-order valence-corrected chi connectivity index (χ3v) is 2.92. The number of hydrogen-bond donors (Lipinski definition) is 1. The van der Waals surface area contributed by atoms with Crippen LogP contribution in [0.15, 0.2) is 24.3 Å². The van der Waals surface area contributed by atoms with Gasteiger partial charge in [0.2, 0.25) is 0 Å². The third kappa shape index (κ3) is 6.80. The van der Waals surface area contributed by atoms with Gasteiger partial charge in [-0.1, -0.05) is 65.3 Å². The predicted molar refractivity (Wildman–Crippen MR) is 83.3 cm³/mol. The average Bonchev–Trinajstić information content (AvgIpc) is 2.68. The van der Waals surface area contributed by atoms with E-state index in [4.69, 9.17) is 5.11 Å². The van der Waals surface area contributed by atoms with Gasteiger partial charge in [-0.3, -0.25) is 0 Å². The van der Waals surface area contributed by atoms with Crippen molar-refractivity contribution in [3.05, 3.63) is 35.4 Å². The molecule has 1 atom stereocenters. The van der Waals surface area contributed by atoms with Crippen molar-refractivity contribution in [2.45, 2.75) is 66.2 Å². The first-order valence-electron chi connectivity index (χ1n) is 7.40. The molecule has 0 radical (unpaired) electrons. The number of aryl methyl sites for hydroxylation is 1. The third-order valence-electron chi connectivity index (χ3n) is 2.92. The van der Waals surface area contributed by atoms with Gasteiger partial charge < -0.3 is 5.11 Å². The molecule has 106 valence electrons. The summed E-state index contributed by atoms with van der Waals surface area (Å²) in [6.45, 7) is 10.4. The van der Waals surface area contributed by atoms with Gasteiger partial charge in [0.25, 0.3) is 0 Å². The Morgan fingerprint density at radius 2 is 1.50 bits per heavy atom. The molecule has 1 unspecified atom stereocenters. The van der Waals surface area contributed by atoms with Gasteiger partial charge in [0.15, 0.2) is 0 Å². The van der Waals surface area contributed by atoms with E-state index in [1.165, 1.54) is 25.7 Å². The molecule has 18 heavy (non-hydrogen) atoms. The Kier molecular flexibility index (Phi) is 15.4. The van der Waals surface area contributed by atoms with E-state index < -0.39 is 0 Å². The number of hydrogen-bond acceptors (Lipinski definition) is 1. The summed E-state index contributed by atoms with van der Waals surface area (Å²) < 4.78 is 0. The second-order valence-electron chi connectivity index (χ2n) is 3.85. The zero-order valence-electron chi connectivity index (χ0n) is 13.2. The molecule has 0 bridgehead atoms. The van der Waals surface area contributed by atoms with Crippen LogP contribution in [0.1, 0.15) is 70.9 Å². The first-order chi connectivity index (χ1) is 8.88. The number of aliphatic hydroxyl groups is 1. The summed E-state index contributed by atoms with van der Waals surface area (Å²) in [5, 5.41) is 7.00. The molecule has 1 heteroatoms. The molecule has 0 aromatic heterocycles. The molecule has 0 amide bonds. The molecule has 0 saturated heterocycles. The molecular weight excluding hydrogens is 220 g/mol. The lowest BCUT2D eigenvalue weighted by Crippen LogP contribution is -1.94. The van der Waals surface area contributed by atoms with E-state index in [1.807, 2.05) is 27.7 Å². The average molecular weight is 252 g/mol. The molecule has 0 fully saturated rings. The van der Waals surface area contributed by atoms with Gasteiger partial charge in [-0.15, -0.1) is 0 Å². The minimum absolute atomic E-state index is 0.781. The highest BCUT2D eigenvalue weighted by Crippen LogP contribution is 2.29. The van der Waals surface area contributed by atoms with Crippen LogP contribution in [-0.2, 0) is 6.42 Å². The van der Waals surface area contributed by atoms with Crippen molar-refractivity contribution in [3.63, 3.8) is 0 Å². The Labute approximate surface area is 114 Å². The van der Waals surface area contributed by atoms with E-state index in [2.05, 4.69) is 31.2 Å². The molecule has 0 aliphatic heterocycles. The van der Waals surface area contributed by atoms with Gasteiger partial charge in [0.1, 0.15) is 0 Å². The highest BCUT2D eigenvalue weighted by Gasteiger charge is 2.12. The molecule has 1 nitrogen and oxygen atoms in total. The Bertz CT molecular complexity index is 268. The van der Waals surface area contributed by atoms with Crippen molar-refractivity contribution in [3.8, 4) is 0 Å². The quantitative estimate of drug-likeness (QED) is 0.631. The number of fused-ring (bicyclic) bond motifs is 1. The van der Waals surface area contributed by atoms with Crippen molar-refractivity contribution < 1.29 is 5.11 Å². The molecule has 0 spiro atoms. The molecule has 0 heterocycles. The summed E-state index contributed by atoms with van der Waals surface area (Å²) in [5.41, 5.74) is 3.18. The van der Waals surface area contributed by atoms with E-state index in [0.29, 0.717) is 0 Å². The van der Waals surface area contributed by atoms with E-state index in [9.17, 15) is 0 Å². The van der Waals surface area contributed by atoms with Crippen molar-refractivity contribution in [2.24, 2.45) is 0 Å². The fraction of sp³-hybridized carbons (Fsp3) is 0.647. The molecule has 2 rings (SSSR count). The van der Waals surface area contributed by atoms with Gasteiger partial charge in [0, 0.05) is 7.11 Å². The van der Waals surface area contributed by atoms with E-state index >= 15 is 0 Å². The van der Waals surface area contributed by atoms with Gasteiger partial charge in [-0.25, -0.2) is 0 Å². The smallest absolute Gasteiger partial charge is 0.0319 e. The van der Waals surface area contributed by atoms with Crippen LogP contribution in [0.25, 0.3) is 0 Å². The van der Waals surface area contributed by atoms with E-state index in [-0.39, 0.29) is 0 Å². The fourth-order valence-electron chi connectivity index (χ4n) is 2.16. The lowest BCUT2D eigenvalue weighted by molar-refractivity contribution is 0.399. The summed E-state index contributed by atoms with van der Waals surface area (Å²) >= 11 is 0. The second kappa shape index (κ2) is 14.2. The van der Waals surface area contributed by atoms with E-state index in [0.717, 1.165) is 13.0 Å². The van der Waals surface area contributed by atoms with Crippen molar-refractivity contribution in [2.75, 3.05) is 7.11 Å². The number of benzene rings is 1. The highest BCUT2D eigenvalue weighted by molar-refractivity contribution is 5.30. The Balaban J connectivity index is 0. The van der Waals surface area contributed by atoms with Crippen LogP contribution < -0.4 is 0 Å².